The standard InChI is InChI=1S/C9H5F3N2/c10-9(11,12)7-3-1-2-6-4-13-5-14-8(6)7/h1-5H. The van der Waals surface area contributed by atoms with E-state index in [0.717, 1.165) is 12.4 Å². The molecule has 2 nitrogen and oxygen atoms in total. The lowest BCUT2D eigenvalue weighted by Gasteiger charge is -2.08. The lowest BCUT2D eigenvalue weighted by molar-refractivity contribution is -0.136. The maximum absolute atomic E-state index is 12.5. The molecule has 0 bridgehead atoms. The Morgan fingerprint density at radius 2 is 1.93 bits per heavy atom. The molecule has 5 heteroatoms. The molecule has 0 aliphatic rings. The zero-order valence-electron chi connectivity index (χ0n) is 6.92. The number of rotatable bonds is 0. The van der Waals surface area contributed by atoms with Crippen molar-refractivity contribution in [1.29, 1.82) is 0 Å². The number of halogens is 3. The van der Waals surface area contributed by atoms with Gasteiger partial charge in [-0.1, -0.05) is 12.1 Å². The Kier molecular flexibility index (Phi) is 1.87. The van der Waals surface area contributed by atoms with Crippen LogP contribution in [0.25, 0.3) is 10.9 Å². The van der Waals surface area contributed by atoms with Gasteiger partial charge in [0, 0.05) is 11.6 Å². The van der Waals surface area contributed by atoms with E-state index in [4.69, 9.17) is 0 Å². The molecule has 0 unspecified atom stereocenters. The lowest BCUT2D eigenvalue weighted by atomic mass is 10.1. The third-order valence-corrected chi connectivity index (χ3v) is 1.84. The molecule has 0 amide bonds. The molecule has 0 saturated heterocycles. The molecular formula is C9H5F3N2. The van der Waals surface area contributed by atoms with Gasteiger partial charge in [0.1, 0.15) is 6.33 Å². The van der Waals surface area contributed by atoms with Crippen molar-refractivity contribution in [1.82, 2.24) is 9.97 Å². The quantitative estimate of drug-likeness (QED) is 0.650. The van der Waals surface area contributed by atoms with Crippen molar-refractivity contribution < 1.29 is 13.2 Å². The highest BCUT2D eigenvalue weighted by Gasteiger charge is 2.32. The van der Waals surface area contributed by atoms with Crippen LogP contribution in [0.2, 0.25) is 0 Å². The first-order valence-corrected chi connectivity index (χ1v) is 3.85. The van der Waals surface area contributed by atoms with Gasteiger partial charge in [-0.05, 0) is 6.07 Å². The third kappa shape index (κ3) is 1.41. The van der Waals surface area contributed by atoms with E-state index in [9.17, 15) is 13.2 Å². The summed E-state index contributed by atoms with van der Waals surface area (Å²) in [7, 11) is 0. The van der Waals surface area contributed by atoms with E-state index < -0.39 is 11.7 Å². The molecule has 1 heterocycles. The van der Waals surface area contributed by atoms with Crippen LogP contribution >= 0.6 is 0 Å². The summed E-state index contributed by atoms with van der Waals surface area (Å²) in [6.07, 6.45) is -1.90. The highest BCUT2D eigenvalue weighted by molar-refractivity contribution is 5.81. The normalized spacial score (nSPS) is 11.9. The Hall–Kier alpha value is -1.65. The second-order valence-electron chi connectivity index (χ2n) is 2.76. The van der Waals surface area contributed by atoms with Crippen LogP contribution in [0.1, 0.15) is 5.56 Å². The summed E-state index contributed by atoms with van der Waals surface area (Å²) in [5.74, 6) is 0. The average Bonchev–Trinajstić information content (AvgIpc) is 2.15. The summed E-state index contributed by atoms with van der Waals surface area (Å²) in [4.78, 5) is 7.27. The fraction of sp³-hybridized carbons (Fsp3) is 0.111. The van der Waals surface area contributed by atoms with Crippen molar-refractivity contribution in [3.8, 4) is 0 Å². The zero-order chi connectivity index (χ0) is 10.2. The van der Waals surface area contributed by atoms with Crippen LogP contribution in [0.5, 0.6) is 0 Å². The molecular weight excluding hydrogens is 193 g/mol. The molecule has 0 aliphatic carbocycles. The molecule has 0 N–H and O–H groups in total. The fourth-order valence-electron chi connectivity index (χ4n) is 1.24. The van der Waals surface area contributed by atoms with E-state index in [1.165, 1.54) is 12.3 Å². The molecule has 2 rings (SSSR count). The number of para-hydroxylation sites is 1. The fourth-order valence-corrected chi connectivity index (χ4v) is 1.24. The monoisotopic (exact) mass is 198 g/mol. The van der Waals surface area contributed by atoms with Gasteiger partial charge in [0.25, 0.3) is 0 Å². The molecule has 0 fully saturated rings. The van der Waals surface area contributed by atoms with Crippen molar-refractivity contribution in [2.45, 2.75) is 6.18 Å². The zero-order valence-corrected chi connectivity index (χ0v) is 6.92. The summed E-state index contributed by atoms with van der Waals surface area (Å²) >= 11 is 0. The minimum absolute atomic E-state index is 0.0602. The Labute approximate surface area is 77.4 Å². The largest absolute Gasteiger partial charge is 0.418 e. The van der Waals surface area contributed by atoms with E-state index in [1.54, 1.807) is 6.07 Å². The molecule has 0 spiro atoms. The molecule has 1 aromatic carbocycles. The smallest absolute Gasteiger partial charge is 0.244 e. The van der Waals surface area contributed by atoms with Crippen LogP contribution in [0.3, 0.4) is 0 Å². The predicted octanol–water partition coefficient (Wildman–Crippen LogP) is 2.65. The molecule has 0 atom stereocenters. The Morgan fingerprint density at radius 1 is 1.14 bits per heavy atom. The maximum atomic E-state index is 12.5. The van der Waals surface area contributed by atoms with Gasteiger partial charge in [-0.25, -0.2) is 9.97 Å². The van der Waals surface area contributed by atoms with Crippen molar-refractivity contribution in [2.24, 2.45) is 0 Å². The van der Waals surface area contributed by atoms with E-state index in [0.29, 0.717) is 5.39 Å². The summed E-state index contributed by atoms with van der Waals surface area (Å²) in [6, 6.07) is 3.90. The summed E-state index contributed by atoms with van der Waals surface area (Å²) in [5.41, 5.74) is -0.785. The van der Waals surface area contributed by atoms with Crippen molar-refractivity contribution >= 4 is 10.9 Å². The van der Waals surface area contributed by atoms with Crippen molar-refractivity contribution in [2.75, 3.05) is 0 Å². The molecule has 14 heavy (non-hydrogen) atoms. The number of hydrogen-bond acceptors (Lipinski definition) is 2. The second-order valence-corrected chi connectivity index (χ2v) is 2.76. The first-order chi connectivity index (χ1) is 6.59. The molecule has 1 aromatic heterocycles. The first kappa shape index (κ1) is 8.93. The molecule has 0 saturated carbocycles. The minimum Gasteiger partial charge on any atom is -0.244 e. The topological polar surface area (TPSA) is 25.8 Å². The number of benzene rings is 1. The van der Waals surface area contributed by atoms with Gasteiger partial charge in [-0.15, -0.1) is 0 Å². The highest BCUT2D eigenvalue weighted by Crippen LogP contribution is 2.33. The Morgan fingerprint density at radius 3 is 2.64 bits per heavy atom. The first-order valence-electron chi connectivity index (χ1n) is 3.85. The van der Waals surface area contributed by atoms with Gasteiger partial charge >= 0.3 is 6.18 Å². The Bertz CT molecular complexity index is 460. The van der Waals surface area contributed by atoms with Crippen LogP contribution in [-0.2, 0) is 6.18 Å². The van der Waals surface area contributed by atoms with E-state index in [-0.39, 0.29) is 5.52 Å². The SMILES string of the molecule is FC(F)(F)c1cccc2cncnc12. The predicted molar refractivity (Wildman–Crippen MR) is 44.5 cm³/mol. The summed E-state index contributed by atoms with van der Waals surface area (Å²) < 4.78 is 37.4. The molecule has 2 aromatic rings. The summed E-state index contributed by atoms with van der Waals surface area (Å²) in [5, 5.41) is 0.391. The second kappa shape index (κ2) is 2.94. The van der Waals surface area contributed by atoms with Crippen LogP contribution in [0.4, 0.5) is 13.2 Å². The number of fused-ring (bicyclic) bond motifs is 1. The van der Waals surface area contributed by atoms with Crippen molar-refractivity contribution in [3.63, 3.8) is 0 Å². The molecule has 72 valence electrons. The van der Waals surface area contributed by atoms with Gasteiger partial charge in [0.15, 0.2) is 0 Å². The van der Waals surface area contributed by atoms with E-state index in [2.05, 4.69) is 9.97 Å². The van der Waals surface area contributed by atoms with Gasteiger partial charge < -0.3 is 0 Å². The van der Waals surface area contributed by atoms with Crippen molar-refractivity contribution in [3.05, 3.63) is 36.3 Å². The molecule has 0 radical (unpaired) electrons. The number of nitrogens with zero attached hydrogens (tertiary/aromatic N) is 2. The van der Waals surface area contributed by atoms with Gasteiger partial charge in [0.2, 0.25) is 0 Å². The number of hydrogen-bond donors (Lipinski definition) is 0. The maximum Gasteiger partial charge on any atom is 0.418 e. The number of aromatic nitrogens is 2. The third-order valence-electron chi connectivity index (χ3n) is 1.84. The minimum atomic E-state index is -4.37. The van der Waals surface area contributed by atoms with E-state index in [1.807, 2.05) is 0 Å². The van der Waals surface area contributed by atoms with Crippen LogP contribution < -0.4 is 0 Å². The average molecular weight is 198 g/mol. The molecule has 0 aliphatic heterocycles. The van der Waals surface area contributed by atoms with Gasteiger partial charge in [-0.2, -0.15) is 13.2 Å². The van der Waals surface area contributed by atoms with Crippen LogP contribution in [0, 0.1) is 0 Å². The number of alkyl halides is 3. The van der Waals surface area contributed by atoms with Crippen LogP contribution in [0.15, 0.2) is 30.7 Å². The van der Waals surface area contributed by atoms with Gasteiger partial charge in [0.05, 0.1) is 11.1 Å². The Balaban J connectivity index is 2.78. The summed E-state index contributed by atoms with van der Waals surface area (Å²) in [6.45, 7) is 0. The van der Waals surface area contributed by atoms with E-state index >= 15 is 0 Å². The van der Waals surface area contributed by atoms with Gasteiger partial charge in [-0.3, -0.25) is 0 Å². The lowest BCUT2D eigenvalue weighted by Crippen LogP contribution is -2.06. The van der Waals surface area contributed by atoms with Crippen LogP contribution in [-0.4, -0.2) is 9.97 Å². The highest BCUT2D eigenvalue weighted by atomic mass is 19.4.